The summed E-state index contributed by atoms with van der Waals surface area (Å²) >= 11 is 0. The van der Waals surface area contributed by atoms with Gasteiger partial charge in [-0.15, -0.1) is 0 Å². The van der Waals surface area contributed by atoms with Crippen molar-refractivity contribution in [1.29, 1.82) is 0 Å². The molecule has 7 saturated heterocycles. The van der Waals surface area contributed by atoms with Crippen LogP contribution in [0.4, 0.5) is 0 Å². The van der Waals surface area contributed by atoms with Crippen LogP contribution in [0.2, 0.25) is 0 Å². The van der Waals surface area contributed by atoms with Gasteiger partial charge in [-0.25, -0.2) is 0 Å². The largest absolute Gasteiger partial charge is 0.432 e. The molecule has 12 rings (SSSR count). The number of hydrogen-bond donors (Lipinski definition) is 19. The van der Waals surface area contributed by atoms with Gasteiger partial charge in [-0.3, -0.25) is 4.79 Å². The molecule has 0 aromatic heterocycles. The lowest BCUT2D eigenvalue weighted by atomic mass is 9.33. The smallest absolute Gasteiger partial charge is 0.317 e. The predicted octanol–water partition coefficient (Wildman–Crippen LogP) is -4.84. The van der Waals surface area contributed by atoms with E-state index < -0.39 is 280 Å². The summed E-state index contributed by atoms with van der Waals surface area (Å²) in [5, 5.41) is 211. The zero-order valence-corrected chi connectivity index (χ0v) is 61.3. The summed E-state index contributed by atoms with van der Waals surface area (Å²) in [5.41, 5.74) is -3.20. The van der Waals surface area contributed by atoms with E-state index >= 15 is 4.79 Å². The Morgan fingerprint density at radius 2 is 1.02 bits per heavy atom. The van der Waals surface area contributed by atoms with Crippen molar-refractivity contribution in [2.45, 2.75) is 348 Å². The second kappa shape index (κ2) is 30.4. The first kappa shape index (κ1) is 82.4. The number of hydrogen-bond acceptors (Lipinski definition) is 34. The molecule has 0 radical (unpaired) electrons. The number of ether oxygens (including phenoxy) is 14. The van der Waals surface area contributed by atoms with E-state index in [9.17, 15) is 97.0 Å². The molecular weight excluding hydrogens is 1400 g/mol. The summed E-state index contributed by atoms with van der Waals surface area (Å²) in [4.78, 5) is 15.6. The van der Waals surface area contributed by atoms with Gasteiger partial charge in [-0.05, 0) is 130 Å². The highest BCUT2D eigenvalue weighted by atomic mass is 16.8. The van der Waals surface area contributed by atoms with Crippen LogP contribution in [-0.2, 0) is 71.1 Å². The van der Waals surface area contributed by atoms with E-state index in [0.717, 1.165) is 5.57 Å². The molecule has 34 nitrogen and oxygen atoms in total. The molecule has 0 amide bonds. The van der Waals surface area contributed by atoms with Gasteiger partial charge in [0.25, 0.3) is 0 Å². The minimum atomic E-state index is -2.07. The Labute approximate surface area is 608 Å². The van der Waals surface area contributed by atoms with Gasteiger partial charge < -0.3 is 163 Å². The Morgan fingerprint density at radius 1 is 0.495 bits per heavy atom. The second-order valence-corrected chi connectivity index (χ2v) is 34.5. The zero-order chi connectivity index (χ0) is 76.8. The van der Waals surface area contributed by atoms with E-state index in [4.69, 9.17) is 66.3 Å². The number of aliphatic hydroxyl groups is 19. The quantitative estimate of drug-likeness (QED) is 0.0391. The Hall–Kier alpha value is -2.07. The molecular formula is C71H116O34. The molecule has 0 aromatic rings. The van der Waals surface area contributed by atoms with E-state index in [1.54, 1.807) is 0 Å². The van der Waals surface area contributed by atoms with Crippen molar-refractivity contribution in [2.75, 3.05) is 26.4 Å². The molecule has 5 aliphatic carbocycles. The van der Waals surface area contributed by atoms with Crippen LogP contribution < -0.4 is 0 Å². The van der Waals surface area contributed by atoms with Crippen LogP contribution in [0.5, 0.6) is 0 Å². The molecule has 0 aromatic carbocycles. The zero-order valence-electron chi connectivity index (χ0n) is 61.3. The van der Waals surface area contributed by atoms with E-state index in [1.165, 1.54) is 27.7 Å². The van der Waals surface area contributed by atoms with Gasteiger partial charge in [0.1, 0.15) is 140 Å². The van der Waals surface area contributed by atoms with Crippen LogP contribution in [0.3, 0.4) is 0 Å². The van der Waals surface area contributed by atoms with Gasteiger partial charge in [0.05, 0.1) is 56.9 Å². The number of allylic oxidation sites excluding steroid dienone is 2. The number of carbonyl (C=O) groups is 1. The number of carbonyl (C=O) groups excluding carboxylic acids is 1. The lowest BCUT2D eigenvalue weighted by Gasteiger charge is -2.72. The summed E-state index contributed by atoms with van der Waals surface area (Å²) in [6, 6.07) is 0. The molecule has 19 N–H and O–H groups in total. The minimum absolute atomic E-state index is 0.0119. The number of fused-ring (bicyclic) bond motifs is 7. The Morgan fingerprint density at radius 3 is 1.62 bits per heavy atom. The molecule has 42 atom stereocenters. The van der Waals surface area contributed by atoms with Gasteiger partial charge >= 0.3 is 5.97 Å². The SMILES string of the molecule is CC1OC(OC2C(C)OC(OC3C(O)C(COC4OCC(O)C(O)C4O)OC(C)(OC4CCC5(C)C(CCC6(C)C5CC=C5C7CC(C)(C)CCC7(C(=O)OC7OCC(O)C(O)C7OC7OC(C)C(OC8OC(CO)C(O)C(O)C8O)C(O)C7O)C(O)CC56C)C4(C)C)C3O)C(O)C2O)C(O)C(O)C1O. The average Bonchev–Trinajstić information content (AvgIpc) is 0.670. The first-order valence-corrected chi connectivity index (χ1v) is 37.2. The molecule has 7 aliphatic heterocycles. The fourth-order valence-electron chi connectivity index (χ4n) is 20.6. The van der Waals surface area contributed by atoms with Crippen LogP contribution in [0.25, 0.3) is 0 Å². The monoisotopic (exact) mass is 1510 g/mol. The van der Waals surface area contributed by atoms with Crippen LogP contribution in [0, 0.1) is 50.2 Å². The fraction of sp³-hybridized carbons (Fsp3) is 0.958. The molecule has 34 heteroatoms. The predicted molar refractivity (Wildman–Crippen MR) is 350 cm³/mol. The molecule has 0 bridgehead atoms. The maximum atomic E-state index is 15.6. The molecule has 604 valence electrons. The molecule has 12 aliphatic rings. The topological polar surface area (TPSA) is 531 Å². The van der Waals surface area contributed by atoms with E-state index in [-0.39, 0.29) is 30.1 Å². The van der Waals surface area contributed by atoms with E-state index in [1.807, 2.05) is 0 Å². The first-order valence-electron chi connectivity index (χ1n) is 37.2. The highest BCUT2D eigenvalue weighted by Crippen LogP contribution is 2.76. The van der Waals surface area contributed by atoms with Gasteiger partial charge in [-0.1, -0.05) is 60.1 Å². The third-order valence-corrected chi connectivity index (χ3v) is 27.2. The molecule has 0 spiro atoms. The van der Waals surface area contributed by atoms with E-state index in [2.05, 4.69) is 54.5 Å². The number of aliphatic hydroxyl groups excluding tert-OH is 19. The maximum Gasteiger partial charge on any atom is 0.317 e. The Kier molecular flexibility index (Phi) is 23.8. The lowest BCUT2D eigenvalue weighted by molar-refractivity contribution is -0.409. The van der Waals surface area contributed by atoms with Gasteiger partial charge in [0, 0.05) is 0 Å². The Bertz CT molecular complexity index is 3020. The highest BCUT2D eigenvalue weighted by Gasteiger charge is 2.73. The van der Waals surface area contributed by atoms with Crippen LogP contribution in [-0.4, -0.2) is 344 Å². The molecule has 105 heavy (non-hydrogen) atoms. The van der Waals surface area contributed by atoms with Crippen molar-refractivity contribution in [3.63, 3.8) is 0 Å². The summed E-state index contributed by atoms with van der Waals surface area (Å²) in [6.45, 7) is 18.7. The Balaban J connectivity index is 0.763. The summed E-state index contributed by atoms with van der Waals surface area (Å²) in [5.74, 6) is -3.56. The first-order chi connectivity index (χ1) is 49.0. The van der Waals surface area contributed by atoms with Gasteiger partial charge in [0.15, 0.2) is 43.3 Å². The van der Waals surface area contributed by atoms with Crippen molar-refractivity contribution in [2.24, 2.45) is 50.2 Å². The second-order valence-electron chi connectivity index (χ2n) is 34.5. The average molecular weight is 1510 g/mol. The standard InChI is InChI=1S/C71H116O34/c1-26-39(76)44(81)49(86)59(95-26)99-53-27(2)96-60(51(88)46(53)83)101-55-43(80)34(25-94-58-48(85)40(77)31(73)23-92-58)104-70(11,57(55)90)105-38-15-16-67(8)35(66(38,6)7)14-17-68(9)36(67)13-12-29-30-20-65(4,5)18-19-71(30,37(75)21-69(29,68)10)64(91)103-63-56(41(78)32(74)24-93-63)102-61-52(89)47(84)54(28(3)97-61)100-62-50(87)45(82)42(79)33(22-72)98-62/h12,26-28,30-63,72-90H,13-25H2,1-11H3. The highest BCUT2D eigenvalue weighted by molar-refractivity contribution is 5.80. The number of rotatable bonds is 16. The van der Waals surface area contributed by atoms with Crippen molar-refractivity contribution in [3.05, 3.63) is 11.6 Å². The maximum absolute atomic E-state index is 15.6. The summed E-state index contributed by atoms with van der Waals surface area (Å²) in [6.07, 6.45) is -48.1. The summed E-state index contributed by atoms with van der Waals surface area (Å²) in [7, 11) is 0. The van der Waals surface area contributed by atoms with Crippen LogP contribution in [0.15, 0.2) is 11.6 Å². The molecule has 4 saturated carbocycles. The third kappa shape index (κ3) is 14.2. The lowest BCUT2D eigenvalue weighted by Crippen LogP contribution is -2.70. The normalized spacial score (nSPS) is 55.7. The van der Waals surface area contributed by atoms with E-state index in [0.29, 0.717) is 44.9 Å². The number of esters is 1. The van der Waals surface area contributed by atoms with Crippen molar-refractivity contribution >= 4 is 5.97 Å². The minimum Gasteiger partial charge on any atom is -0.432 e. The van der Waals surface area contributed by atoms with Gasteiger partial charge in [-0.2, -0.15) is 0 Å². The van der Waals surface area contributed by atoms with Crippen molar-refractivity contribution in [3.8, 4) is 0 Å². The molecule has 11 fully saturated rings. The molecule has 7 heterocycles. The van der Waals surface area contributed by atoms with Crippen LogP contribution >= 0.6 is 0 Å². The van der Waals surface area contributed by atoms with Crippen LogP contribution in [0.1, 0.15) is 134 Å². The third-order valence-electron chi connectivity index (χ3n) is 27.2. The fourth-order valence-corrected chi connectivity index (χ4v) is 20.6. The van der Waals surface area contributed by atoms with Gasteiger partial charge in [0.2, 0.25) is 6.29 Å². The molecule has 42 unspecified atom stereocenters. The summed E-state index contributed by atoms with van der Waals surface area (Å²) < 4.78 is 84.6. The van der Waals surface area contributed by atoms with Crippen molar-refractivity contribution < 1.29 is 168 Å². The van der Waals surface area contributed by atoms with Crippen molar-refractivity contribution in [1.82, 2.24) is 0 Å².